The fourth-order valence-corrected chi connectivity index (χ4v) is 11.9. The first-order valence-corrected chi connectivity index (χ1v) is 26.9. The smallest absolute Gasteiger partial charge is 0.423 e. The van der Waals surface area contributed by atoms with E-state index < -0.39 is 7.12 Å². The van der Waals surface area contributed by atoms with E-state index in [0.717, 1.165) is 71.5 Å². The van der Waals surface area contributed by atoms with Gasteiger partial charge in [0.1, 0.15) is 11.6 Å². The molecular formula is C70H46BBrN4O2. The summed E-state index contributed by atoms with van der Waals surface area (Å²) in [6.45, 7) is 0. The number of rotatable bonds is 6. The van der Waals surface area contributed by atoms with Crippen LogP contribution < -0.4 is 5.46 Å². The summed E-state index contributed by atoms with van der Waals surface area (Å²) in [5.74, 6) is 1.92. The van der Waals surface area contributed by atoms with E-state index in [-0.39, 0.29) is 0 Å². The Hall–Kier alpha value is -9.44. The fraction of sp³-hybridized carbons (Fsp3) is 0. The maximum Gasteiger partial charge on any atom is 0.489 e. The highest BCUT2D eigenvalue weighted by Gasteiger charge is 2.26. The van der Waals surface area contributed by atoms with Crippen LogP contribution in [-0.4, -0.2) is 36.3 Å². The lowest BCUT2D eigenvalue weighted by molar-refractivity contribution is 0.426. The van der Waals surface area contributed by atoms with Crippen molar-refractivity contribution in [2.75, 3.05) is 0 Å². The van der Waals surface area contributed by atoms with E-state index in [9.17, 15) is 10.0 Å². The van der Waals surface area contributed by atoms with Gasteiger partial charge < -0.3 is 10.0 Å². The van der Waals surface area contributed by atoms with Crippen LogP contribution in [0.1, 0.15) is 0 Å². The van der Waals surface area contributed by atoms with Crippen LogP contribution >= 0.6 is 15.9 Å². The molecule has 0 spiro atoms. The quantitative estimate of drug-likeness (QED) is 0.163. The van der Waals surface area contributed by atoms with Gasteiger partial charge in [0.15, 0.2) is 0 Å². The molecule has 2 aliphatic rings. The molecule has 0 bridgehead atoms. The Bertz CT molecular complexity index is 4530. The van der Waals surface area contributed by atoms with Gasteiger partial charge in [0.2, 0.25) is 0 Å². The summed E-state index contributed by atoms with van der Waals surface area (Å²) in [5.41, 5.74) is 21.8. The molecule has 2 heterocycles. The molecule has 0 fully saturated rings. The topological polar surface area (TPSA) is 76.1 Å². The minimum absolute atomic E-state index is 0.563. The van der Waals surface area contributed by atoms with E-state index in [1.165, 1.54) is 66.4 Å². The van der Waals surface area contributed by atoms with Crippen LogP contribution in [0.4, 0.5) is 0 Å². The average Bonchev–Trinajstić information content (AvgIpc) is 4.45. The van der Waals surface area contributed by atoms with E-state index in [1.54, 1.807) is 6.07 Å². The number of aromatic nitrogens is 4. The fourth-order valence-electron chi connectivity index (χ4n) is 11.6. The molecule has 16 rings (SSSR count). The largest absolute Gasteiger partial charge is 0.489 e. The van der Waals surface area contributed by atoms with Gasteiger partial charge in [-0.3, -0.25) is 9.13 Å². The Labute approximate surface area is 459 Å². The zero-order valence-corrected chi connectivity index (χ0v) is 43.6. The number of imidazole rings is 2. The summed E-state index contributed by atoms with van der Waals surface area (Å²) in [7, 11) is -1.44. The number of fused-ring (bicyclic) bond motifs is 8. The van der Waals surface area contributed by atoms with Crippen LogP contribution in [0.25, 0.3) is 133 Å². The Morgan fingerprint density at radius 1 is 0.308 bits per heavy atom. The molecular weight excluding hydrogens is 1020 g/mol. The van der Waals surface area contributed by atoms with Crippen molar-refractivity contribution in [1.29, 1.82) is 0 Å². The maximum absolute atomic E-state index is 9.50. The molecule has 8 heteroatoms. The van der Waals surface area contributed by atoms with Gasteiger partial charge >= 0.3 is 7.12 Å². The highest BCUT2D eigenvalue weighted by atomic mass is 79.9. The first-order valence-electron chi connectivity index (χ1n) is 26.1. The Morgan fingerprint density at radius 2 is 0.692 bits per heavy atom. The van der Waals surface area contributed by atoms with Crippen LogP contribution in [-0.2, 0) is 0 Å². The Kier molecular flexibility index (Phi) is 11.8. The molecule has 78 heavy (non-hydrogen) atoms. The first-order chi connectivity index (χ1) is 38.5. The summed E-state index contributed by atoms with van der Waals surface area (Å²) in [6.07, 6.45) is 0. The van der Waals surface area contributed by atoms with Gasteiger partial charge in [-0.1, -0.05) is 222 Å². The zero-order chi connectivity index (χ0) is 52.3. The third-order valence-corrected chi connectivity index (χ3v) is 15.6. The van der Waals surface area contributed by atoms with E-state index in [0.29, 0.717) is 5.46 Å². The number of nitrogens with zero attached hydrogens (tertiary/aromatic N) is 4. The third-order valence-electron chi connectivity index (χ3n) is 15.1. The van der Waals surface area contributed by atoms with Crippen LogP contribution in [0.15, 0.2) is 271 Å². The molecule has 2 N–H and O–H groups in total. The van der Waals surface area contributed by atoms with Gasteiger partial charge in [-0.25, -0.2) is 9.97 Å². The van der Waals surface area contributed by atoms with Crippen molar-refractivity contribution in [3.63, 3.8) is 0 Å². The van der Waals surface area contributed by atoms with E-state index >= 15 is 0 Å². The second-order valence-electron chi connectivity index (χ2n) is 19.6. The lowest BCUT2D eigenvalue weighted by atomic mass is 9.76. The highest BCUT2D eigenvalue weighted by molar-refractivity contribution is 9.10. The molecule has 368 valence electrons. The molecule has 2 aromatic heterocycles. The third kappa shape index (κ3) is 8.05. The predicted molar refractivity (Wildman–Crippen MR) is 326 cm³/mol. The molecule has 0 saturated heterocycles. The highest BCUT2D eigenvalue weighted by Crippen LogP contribution is 2.50. The van der Waals surface area contributed by atoms with E-state index in [2.05, 4.69) is 213 Å². The Morgan fingerprint density at radius 3 is 1.19 bits per heavy atom. The normalized spacial score (nSPS) is 11.5. The predicted octanol–water partition coefficient (Wildman–Crippen LogP) is 16.8. The zero-order valence-electron chi connectivity index (χ0n) is 42.0. The van der Waals surface area contributed by atoms with Gasteiger partial charge in [-0.15, -0.1) is 0 Å². The Balaban J connectivity index is 0.000000115. The summed E-state index contributed by atoms with van der Waals surface area (Å²) in [6, 6.07) is 92.6. The molecule has 14 aromatic rings. The van der Waals surface area contributed by atoms with E-state index in [4.69, 9.17) is 9.97 Å². The lowest BCUT2D eigenvalue weighted by Gasteiger charge is -2.13. The van der Waals surface area contributed by atoms with Gasteiger partial charge in [-0.2, -0.15) is 0 Å². The van der Waals surface area contributed by atoms with Crippen LogP contribution in [0, 0.1) is 0 Å². The molecule has 0 saturated carbocycles. The van der Waals surface area contributed by atoms with Crippen molar-refractivity contribution in [2.45, 2.75) is 0 Å². The number of benzene rings is 12. The molecule has 0 atom stereocenters. The second kappa shape index (κ2) is 19.6. The minimum Gasteiger partial charge on any atom is -0.423 e. The van der Waals surface area contributed by atoms with Crippen LogP contribution in [0.3, 0.4) is 0 Å². The summed E-state index contributed by atoms with van der Waals surface area (Å²) >= 11 is 3.50. The summed E-state index contributed by atoms with van der Waals surface area (Å²) < 4.78 is 5.54. The second-order valence-corrected chi connectivity index (χ2v) is 20.5. The molecule has 2 aliphatic carbocycles. The number of para-hydroxylation sites is 4. The van der Waals surface area contributed by atoms with Crippen molar-refractivity contribution in [2.24, 2.45) is 0 Å². The van der Waals surface area contributed by atoms with E-state index in [1.807, 2.05) is 72.8 Å². The SMILES string of the molecule is Brc1ccc(-n2c(-c3ccccc3)nc3ccccc32)cc1.OB(O)c1ccc2c3c(cccc13)-c1ccccc1-2.c1ccc(-c2nc3ccccc3n2-c2ccc(-c3ccc4c5c(cccc35)-c3ccccc3-4)cc2)cc1. The monoisotopic (exact) mass is 1060 g/mol. The van der Waals surface area contributed by atoms with Crippen molar-refractivity contribution in [3.05, 3.63) is 271 Å². The lowest BCUT2D eigenvalue weighted by Crippen LogP contribution is -2.30. The van der Waals surface area contributed by atoms with Crippen molar-refractivity contribution in [3.8, 4) is 89.8 Å². The molecule has 0 radical (unpaired) electrons. The first kappa shape index (κ1) is 47.0. The molecule has 0 amide bonds. The minimum atomic E-state index is -1.44. The summed E-state index contributed by atoms with van der Waals surface area (Å²) in [4.78, 5) is 9.82. The molecule has 12 aromatic carbocycles. The average molecular weight is 1070 g/mol. The van der Waals surface area contributed by atoms with Crippen molar-refractivity contribution in [1.82, 2.24) is 19.1 Å². The van der Waals surface area contributed by atoms with Gasteiger partial charge in [0.25, 0.3) is 0 Å². The number of halogens is 1. The van der Waals surface area contributed by atoms with Crippen LogP contribution in [0.2, 0.25) is 0 Å². The summed E-state index contributed by atoms with van der Waals surface area (Å²) in [5, 5.41) is 23.7. The maximum atomic E-state index is 9.50. The van der Waals surface area contributed by atoms with Crippen molar-refractivity contribution >= 4 is 72.1 Å². The molecule has 6 nitrogen and oxygen atoms in total. The van der Waals surface area contributed by atoms with Crippen molar-refractivity contribution < 1.29 is 10.0 Å². The van der Waals surface area contributed by atoms with Gasteiger partial charge in [0.05, 0.1) is 22.1 Å². The van der Waals surface area contributed by atoms with Crippen LogP contribution in [0.5, 0.6) is 0 Å². The molecule has 0 unspecified atom stereocenters. The standard InChI is InChI=1S/C35H22N2.C19H13BrN2.C16H11BO2/c1-2-9-24(10-3-1)35-36-32-15-6-7-16-33(32)37(35)25-19-17-23(18-20-25)26-21-22-31-28-12-5-4-11-27(28)30-14-8-13-29(26)34(30)31;20-15-10-12-16(13-11-15)22-18-9-5-4-8-17(18)21-19(22)14-6-2-1-3-7-14;18-17(19)15-9-8-13-11-5-2-1-4-10(11)12-6-3-7-14(15)16(12)13/h1-22H;1-13H;1-9,18-19H. The van der Waals surface area contributed by atoms with Gasteiger partial charge in [0, 0.05) is 27.0 Å². The molecule has 0 aliphatic heterocycles. The number of hydrogen-bond donors (Lipinski definition) is 2. The van der Waals surface area contributed by atoms with Gasteiger partial charge in [-0.05, 0) is 143 Å². The number of hydrogen-bond acceptors (Lipinski definition) is 4.